The summed E-state index contributed by atoms with van der Waals surface area (Å²) < 4.78 is 27.2. The minimum absolute atomic E-state index is 0.179. The molecule has 0 spiro atoms. The molecule has 0 bridgehead atoms. The Bertz CT molecular complexity index is 858. The topological polar surface area (TPSA) is 94.3 Å². The first-order valence-corrected chi connectivity index (χ1v) is 10.2. The number of nitrogens with zero attached hydrogens (tertiary/aromatic N) is 2. The predicted molar refractivity (Wildman–Crippen MR) is 101 cm³/mol. The van der Waals surface area contributed by atoms with E-state index in [1.165, 1.54) is 23.9 Å². The number of thioether (sulfide) groups is 1. The fraction of sp³-hybridized carbons (Fsp3) is 0.176. The number of rotatable bonds is 6. The van der Waals surface area contributed by atoms with Crippen molar-refractivity contribution >= 4 is 32.6 Å². The number of hydrogen-bond acceptors (Lipinski definition) is 5. The first-order valence-electron chi connectivity index (χ1n) is 7.46. The minimum atomic E-state index is -3.56. The largest absolute Gasteiger partial charge is 0.271 e. The molecule has 8 heteroatoms. The molecule has 0 aromatic heterocycles. The van der Waals surface area contributed by atoms with E-state index < -0.39 is 10.0 Å². The van der Waals surface area contributed by atoms with Crippen LogP contribution in [0.3, 0.4) is 0 Å². The SMILES string of the molecule is CSC(=Nc1ccc(S(=O)(=O)NCCc2ccccc2)cc1)NC#N. The van der Waals surface area contributed by atoms with Gasteiger partial charge in [-0.1, -0.05) is 42.1 Å². The molecule has 2 N–H and O–H groups in total. The van der Waals surface area contributed by atoms with E-state index in [-0.39, 0.29) is 4.90 Å². The first kappa shape index (κ1) is 19.0. The van der Waals surface area contributed by atoms with Crippen molar-refractivity contribution in [2.75, 3.05) is 12.8 Å². The van der Waals surface area contributed by atoms with Gasteiger partial charge in [0, 0.05) is 6.54 Å². The van der Waals surface area contributed by atoms with E-state index in [1.54, 1.807) is 24.6 Å². The van der Waals surface area contributed by atoms with Crippen LogP contribution >= 0.6 is 11.8 Å². The van der Waals surface area contributed by atoms with Crippen molar-refractivity contribution in [2.45, 2.75) is 11.3 Å². The van der Waals surface area contributed by atoms with Gasteiger partial charge in [0.15, 0.2) is 11.4 Å². The van der Waals surface area contributed by atoms with Gasteiger partial charge in [-0.05, 0) is 42.5 Å². The van der Waals surface area contributed by atoms with Gasteiger partial charge >= 0.3 is 0 Å². The van der Waals surface area contributed by atoms with Crippen molar-refractivity contribution in [3.05, 3.63) is 60.2 Å². The third-order valence-corrected chi connectivity index (χ3v) is 5.34. The van der Waals surface area contributed by atoms with Crippen molar-refractivity contribution in [2.24, 2.45) is 4.99 Å². The lowest BCUT2D eigenvalue weighted by molar-refractivity contribution is 0.581. The summed E-state index contributed by atoms with van der Waals surface area (Å²) in [5, 5.41) is 11.5. The van der Waals surface area contributed by atoms with E-state index in [2.05, 4.69) is 15.0 Å². The molecule has 0 fully saturated rings. The minimum Gasteiger partial charge on any atom is -0.271 e. The van der Waals surface area contributed by atoms with Gasteiger partial charge in [0.2, 0.25) is 10.0 Å². The summed E-state index contributed by atoms with van der Waals surface area (Å²) in [5.41, 5.74) is 1.64. The second kappa shape index (κ2) is 9.22. The van der Waals surface area contributed by atoms with Gasteiger partial charge in [-0.15, -0.1) is 0 Å². The molecule has 0 saturated heterocycles. The fourth-order valence-electron chi connectivity index (χ4n) is 2.05. The van der Waals surface area contributed by atoms with Crippen molar-refractivity contribution < 1.29 is 8.42 Å². The Labute approximate surface area is 152 Å². The van der Waals surface area contributed by atoms with Gasteiger partial charge in [0.1, 0.15) is 0 Å². The van der Waals surface area contributed by atoms with Crippen LogP contribution in [-0.2, 0) is 16.4 Å². The molecular formula is C17H18N4O2S2. The van der Waals surface area contributed by atoms with E-state index in [0.717, 1.165) is 5.56 Å². The molecule has 130 valence electrons. The molecule has 2 rings (SSSR count). The maximum absolute atomic E-state index is 12.3. The molecule has 0 aliphatic carbocycles. The molecule has 0 aliphatic heterocycles. The lowest BCUT2D eigenvalue weighted by Crippen LogP contribution is -2.25. The number of aliphatic imine (C=N–C) groups is 1. The van der Waals surface area contributed by atoms with Gasteiger partial charge in [0.05, 0.1) is 10.6 Å². The number of nitrogens with one attached hydrogen (secondary N) is 2. The molecule has 0 radical (unpaired) electrons. The molecule has 0 amide bonds. The zero-order valence-corrected chi connectivity index (χ0v) is 15.3. The normalized spacial score (nSPS) is 11.8. The highest BCUT2D eigenvalue weighted by molar-refractivity contribution is 8.13. The van der Waals surface area contributed by atoms with Crippen LogP contribution in [0.1, 0.15) is 5.56 Å². The van der Waals surface area contributed by atoms with Crippen LogP contribution < -0.4 is 10.0 Å². The summed E-state index contributed by atoms with van der Waals surface area (Å²) in [7, 11) is -3.56. The van der Waals surface area contributed by atoms with Crippen LogP contribution in [-0.4, -0.2) is 26.4 Å². The van der Waals surface area contributed by atoms with Crippen LogP contribution in [0.4, 0.5) is 5.69 Å². The highest BCUT2D eigenvalue weighted by atomic mass is 32.2. The summed E-state index contributed by atoms with van der Waals surface area (Å²) in [6.07, 6.45) is 4.22. The Hall–Kier alpha value is -2.34. The Morgan fingerprint density at radius 2 is 1.84 bits per heavy atom. The molecule has 6 nitrogen and oxygen atoms in total. The number of nitriles is 1. The highest BCUT2D eigenvalue weighted by Crippen LogP contribution is 2.17. The van der Waals surface area contributed by atoms with Crippen LogP contribution in [0, 0.1) is 11.5 Å². The van der Waals surface area contributed by atoms with E-state index in [9.17, 15) is 8.42 Å². The Kier molecular flexibility index (Phi) is 7.01. The predicted octanol–water partition coefficient (Wildman–Crippen LogP) is 2.63. The maximum Gasteiger partial charge on any atom is 0.240 e. The Balaban J connectivity index is 2.01. The fourth-order valence-corrected chi connectivity index (χ4v) is 3.42. The van der Waals surface area contributed by atoms with Crippen molar-refractivity contribution in [3.8, 4) is 6.19 Å². The summed E-state index contributed by atoms with van der Waals surface area (Å²) in [4.78, 5) is 4.40. The van der Waals surface area contributed by atoms with E-state index in [1.807, 2.05) is 30.3 Å². The molecular weight excluding hydrogens is 356 g/mol. The number of sulfonamides is 1. The van der Waals surface area contributed by atoms with Crippen LogP contribution in [0.5, 0.6) is 0 Å². The number of benzene rings is 2. The second-order valence-corrected chi connectivity index (χ2v) is 7.55. The monoisotopic (exact) mass is 374 g/mol. The van der Waals surface area contributed by atoms with Crippen LogP contribution in [0.25, 0.3) is 0 Å². The van der Waals surface area contributed by atoms with Gasteiger partial charge in [-0.25, -0.2) is 18.1 Å². The van der Waals surface area contributed by atoms with Crippen molar-refractivity contribution in [3.63, 3.8) is 0 Å². The zero-order chi connectivity index (χ0) is 18.1. The van der Waals surface area contributed by atoms with Gasteiger partial charge in [0.25, 0.3) is 0 Å². The summed E-state index contributed by atoms with van der Waals surface area (Å²) in [6.45, 7) is 0.328. The molecule has 2 aromatic rings. The van der Waals surface area contributed by atoms with E-state index in [4.69, 9.17) is 5.26 Å². The molecule has 0 saturated carbocycles. The Morgan fingerprint density at radius 3 is 2.44 bits per heavy atom. The Morgan fingerprint density at radius 1 is 1.16 bits per heavy atom. The van der Waals surface area contributed by atoms with E-state index in [0.29, 0.717) is 23.8 Å². The standard InChI is InChI=1S/C17H18N4O2S2/c1-24-17(19-13-18)21-15-7-9-16(10-8-15)25(22,23)20-12-11-14-5-3-2-4-6-14/h2-10,20H,11-12H2,1H3,(H,19,21). The lowest BCUT2D eigenvalue weighted by Gasteiger charge is -2.07. The zero-order valence-electron chi connectivity index (χ0n) is 13.6. The quantitative estimate of drug-likeness (QED) is 0.351. The van der Waals surface area contributed by atoms with Gasteiger partial charge in [-0.3, -0.25) is 5.32 Å². The summed E-state index contributed by atoms with van der Waals surface area (Å²) in [6, 6.07) is 15.9. The van der Waals surface area contributed by atoms with Gasteiger partial charge < -0.3 is 0 Å². The van der Waals surface area contributed by atoms with Crippen LogP contribution in [0.15, 0.2) is 64.5 Å². The molecule has 0 unspecified atom stereocenters. The first-order chi connectivity index (χ1) is 12.0. The molecule has 0 atom stereocenters. The second-order valence-electron chi connectivity index (χ2n) is 4.99. The molecule has 0 aliphatic rings. The molecule has 2 aromatic carbocycles. The number of amidine groups is 1. The third-order valence-electron chi connectivity index (χ3n) is 3.28. The number of hydrogen-bond donors (Lipinski definition) is 2. The molecule has 25 heavy (non-hydrogen) atoms. The van der Waals surface area contributed by atoms with Crippen LogP contribution in [0.2, 0.25) is 0 Å². The average Bonchev–Trinajstić information content (AvgIpc) is 2.62. The van der Waals surface area contributed by atoms with Crippen molar-refractivity contribution in [1.82, 2.24) is 10.0 Å². The maximum atomic E-state index is 12.3. The average molecular weight is 374 g/mol. The van der Waals surface area contributed by atoms with Crippen molar-refractivity contribution in [1.29, 1.82) is 5.26 Å². The molecule has 0 heterocycles. The summed E-state index contributed by atoms with van der Waals surface area (Å²) >= 11 is 1.29. The van der Waals surface area contributed by atoms with Gasteiger partial charge in [-0.2, -0.15) is 5.26 Å². The van der Waals surface area contributed by atoms with E-state index >= 15 is 0 Å². The smallest absolute Gasteiger partial charge is 0.240 e. The highest BCUT2D eigenvalue weighted by Gasteiger charge is 2.13. The third kappa shape index (κ3) is 5.90. The lowest BCUT2D eigenvalue weighted by atomic mass is 10.2. The summed E-state index contributed by atoms with van der Waals surface area (Å²) in [5.74, 6) is 0.